The summed E-state index contributed by atoms with van der Waals surface area (Å²) >= 11 is 0. The monoisotopic (exact) mass is 541 g/mol. The van der Waals surface area contributed by atoms with Crippen LogP contribution in [-0.4, -0.2) is 30.5 Å². The Hall–Kier alpha value is -1.51. The fourth-order valence-electron chi connectivity index (χ4n) is 6.23. The molecule has 3 nitrogen and oxygen atoms in total. The fourth-order valence-corrected chi connectivity index (χ4v) is 6.23. The predicted molar refractivity (Wildman–Crippen MR) is 169 cm³/mol. The first-order valence-electron chi connectivity index (χ1n) is 16.4. The number of nitrogens with zero attached hydrogens (tertiary/aromatic N) is 1. The summed E-state index contributed by atoms with van der Waals surface area (Å²) in [5.74, 6) is 1.07. The fraction of sp³-hybridized carbons (Fsp3) is 0.806. The van der Waals surface area contributed by atoms with E-state index in [1.165, 1.54) is 93.7 Å². The van der Waals surface area contributed by atoms with Crippen molar-refractivity contribution in [2.75, 3.05) is 19.7 Å². The van der Waals surface area contributed by atoms with Crippen LogP contribution in [-0.2, 0) is 22.0 Å². The lowest BCUT2D eigenvalue weighted by Gasteiger charge is -2.34. The van der Waals surface area contributed by atoms with Gasteiger partial charge in [0.1, 0.15) is 5.75 Å². The summed E-state index contributed by atoms with van der Waals surface area (Å²) in [5.41, 5.74) is 4.18. The quantitative estimate of drug-likeness (QED) is 0.371. The first-order valence-corrected chi connectivity index (χ1v) is 16.4. The maximum Gasteiger partial charge on any atom is 0.260 e. The molecule has 0 spiro atoms. The number of benzene rings is 1. The van der Waals surface area contributed by atoms with Crippen LogP contribution in [0.2, 0.25) is 0 Å². The van der Waals surface area contributed by atoms with E-state index in [0.717, 1.165) is 31.7 Å². The van der Waals surface area contributed by atoms with Gasteiger partial charge < -0.3 is 9.64 Å². The maximum atomic E-state index is 13.0. The summed E-state index contributed by atoms with van der Waals surface area (Å²) in [6.45, 7) is 22.2. The van der Waals surface area contributed by atoms with Crippen LogP contribution < -0.4 is 4.74 Å². The zero-order chi connectivity index (χ0) is 29.1. The summed E-state index contributed by atoms with van der Waals surface area (Å²) in [7, 11) is 0. The minimum absolute atomic E-state index is 0.0172. The Bertz CT molecular complexity index is 873. The Morgan fingerprint density at radius 1 is 0.795 bits per heavy atom. The van der Waals surface area contributed by atoms with Gasteiger partial charge in [-0.25, -0.2) is 0 Å². The molecule has 39 heavy (non-hydrogen) atoms. The minimum atomic E-state index is -0.0172. The number of carbonyl (C=O) groups excluding carboxylic acids is 1. The molecular weight excluding hydrogens is 478 g/mol. The topological polar surface area (TPSA) is 29.5 Å². The van der Waals surface area contributed by atoms with E-state index in [1.54, 1.807) is 0 Å². The number of likely N-dealkylation sites (N-methyl/N-ethyl adjacent to an activating group) is 1. The van der Waals surface area contributed by atoms with Crippen molar-refractivity contribution in [2.24, 2.45) is 5.41 Å². The normalized spacial score (nSPS) is 19.8. The predicted octanol–water partition coefficient (Wildman–Crippen LogP) is 10.2. The average Bonchev–Trinajstić information content (AvgIpc) is 2.85. The SMILES string of the molecule is CCN(CC)C(=O)COc1c2cc(C(C)(C)C)cc1C(C)(C)CCCCCCCCCCCCCC(C)(C)C2. The molecule has 0 N–H and O–H groups in total. The molecule has 0 radical (unpaired) electrons. The smallest absolute Gasteiger partial charge is 0.260 e. The van der Waals surface area contributed by atoms with Crippen molar-refractivity contribution in [1.29, 1.82) is 0 Å². The molecule has 0 saturated carbocycles. The molecule has 2 rings (SSSR count). The second kappa shape index (κ2) is 15.5. The van der Waals surface area contributed by atoms with Gasteiger partial charge in [-0.2, -0.15) is 0 Å². The van der Waals surface area contributed by atoms with Gasteiger partial charge in [0.25, 0.3) is 5.91 Å². The third-order valence-corrected chi connectivity index (χ3v) is 9.04. The van der Waals surface area contributed by atoms with Crippen LogP contribution in [0.15, 0.2) is 12.1 Å². The number of amides is 1. The van der Waals surface area contributed by atoms with E-state index < -0.39 is 0 Å². The molecule has 0 aliphatic heterocycles. The van der Waals surface area contributed by atoms with Crippen LogP contribution in [0.5, 0.6) is 5.75 Å². The number of fused-ring (bicyclic) bond motifs is 2. The molecule has 0 unspecified atom stereocenters. The summed E-state index contributed by atoms with van der Waals surface area (Å²) in [4.78, 5) is 14.9. The van der Waals surface area contributed by atoms with Gasteiger partial charge in [-0.3, -0.25) is 4.79 Å². The number of hydrogen-bond donors (Lipinski definition) is 0. The Labute approximate surface area is 242 Å². The van der Waals surface area contributed by atoms with E-state index >= 15 is 0 Å². The Kier molecular flexibility index (Phi) is 13.4. The molecule has 3 heteroatoms. The van der Waals surface area contributed by atoms with Crippen LogP contribution in [0.25, 0.3) is 0 Å². The van der Waals surface area contributed by atoms with Crippen LogP contribution in [0.3, 0.4) is 0 Å². The molecule has 0 aromatic heterocycles. The number of rotatable bonds is 5. The van der Waals surface area contributed by atoms with E-state index in [1.807, 2.05) is 18.7 Å². The van der Waals surface area contributed by atoms with Gasteiger partial charge in [-0.05, 0) is 60.5 Å². The Morgan fingerprint density at radius 3 is 1.77 bits per heavy atom. The van der Waals surface area contributed by atoms with Crippen LogP contribution in [0.1, 0.15) is 162 Å². The lowest BCUT2D eigenvalue weighted by atomic mass is 9.73. The highest BCUT2D eigenvalue weighted by molar-refractivity contribution is 5.77. The van der Waals surface area contributed by atoms with Crippen LogP contribution in [0, 0.1) is 5.41 Å². The molecule has 1 aromatic carbocycles. The molecule has 1 aromatic rings. The molecule has 0 fully saturated rings. The summed E-state index contributed by atoms with van der Waals surface area (Å²) in [6, 6.07) is 4.82. The standard InChI is InChI=1S/C36H63NO2/c1-10-37(11-2)32(38)28-39-33-29-25-30(34(3,4)5)26-31(33)36(8,9)24-22-20-18-16-14-12-13-15-17-19-21-23-35(6,7)27-29/h25-26H,10-24,27-28H2,1-9H3. The van der Waals surface area contributed by atoms with Gasteiger partial charge in [0.15, 0.2) is 6.61 Å². The minimum Gasteiger partial charge on any atom is -0.483 e. The average molecular weight is 542 g/mol. The number of carbonyl (C=O) groups is 1. The zero-order valence-corrected chi connectivity index (χ0v) is 27.4. The molecule has 2 bridgehead atoms. The lowest BCUT2D eigenvalue weighted by molar-refractivity contribution is -0.133. The van der Waals surface area contributed by atoms with Gasteiger partial charge in [-0.1, -0.05) is 131 Å². The number of hydrogen-bond acceptors (Lipinski definition) is 2. The van der Waals surface area contributed by atoms with Crippen LogP contribution in [0.4, 0.5) is 0 Å². The van der Waals surface area contributed by atoms with Crippen molar-refractivity contribution in [1.82, 2.24) is 4.90 Å². The van der Waals surface area contributed by atoms with E-state index in [0.29, 0.717) is 0 Å². The number of ether oxygens (including phenoxy) is 1. The van der Waals surface area contributed by atoms with Crippen molar-refractivity contribution in [3.63, 3.8) is 0 Å². The maximum absolute atomic E-state index is 13.0. The summed E-state index contributed by atoms with van der Waals surface area (Å²) in [6.07, 6.45) is 18.2. The van der Waals surface area contributed by atoms with Crippen molar-refractivity contribution < 1.29 is 9.53 Å². The van der Waals surface area contributed by atoms with E-state index in [-0.39, 0.29) is 28.8 Å². The lowest BCUT2D eigenvalue weighted by Crippen LogP contribution is -2.35. The van der Waals surface area contributed by atoms with Gasteiger partial charge in [0, 0.05) is 18.7 Å². The Balaban J connectivity index is 2.54. The van der Waals surface area contributed by atoms with Crippen molar-refractivity contribution in [3.8, 4) is 5.75 Å². The third-order valence-electron chi connectivity index (χ3n) is 9.04. The van der Waals surface area contributed by atoms with Crippen molar-refractivity contribution in [2.45, 2.75) is 163 Å². The first kappa shape index (κ1) is 33.7. The highest BCUT2D eigenvalue weighted by Crippen LogP contribution is 2.43. The highest BCUT2D eigenvalue weighted by Gasteiger charge is 2.31. The van der Waals surface area contributed by atoms with E-state index in [9.17, 15) is 4.79 Å². The van der Waals surface area contributed by atoms with E-state index in [2.05, 4.69) is 60.6 Å². The van der Waals surface area contributed by atoms with E-state index in [4.69, 9.17) is 4.74 Å². The van der Waals surface area contributed by atoms with Gasteiger partial charge in [0.05, 0.1) is 0 Å². The second-order valence-corrected chi connectivity index (χ2v) is 14.7. The zero-order valence-electron chi connectivity index (χ0n) is 27.4. The highest BCUT2D eigenvalue weighted by atomic mass is 16.5. The second-order valence-electron chi connectivity index (χ2n) is 14.7. The van der Waals surface area contributed by atoms with Gasteiger partial charge in [-0.15, -0.1) is 0 Å². The molecule has 224 valence electrons. The summed E-state index contributed by atoms with van der Waals surface area (Å²) < 4.78 is 6.62. The van der Waals surface area contributed by atoms with Gasteiger partial charge in [0.2, 0.25) is 0 Å². The van der Waals surface area contributed by atoms with Gasteiger partial charge >= 0.3 is 0 Å². The third kappa shape index (κ3) is 11.1. The molecule has 1 amide bonds. The van der Waals surface area contributed by atoms with Crippen molar-refractivity contribution >= 4 is 5.91 Å². The molecule has 1 aliphatic rings. The first-order chi connectivity index (χ1) is 18.3. The molecule has 0 atom stereocenters. The Morgan fingerprint density at radius 2 is 1.28 bits per heavy atom. The summed E-state index contributed by atoms with van der Waals surface area (Å²) in [5, 5.41) is 0. The molecule has 1 aliphatic carbocycles. The molecule has 0 saturated heterocycles. The van der Waals surface area contributed by atoms with Crippen LogP contribution >= 0.6 is 0 Å². The largest absolute Gasteiger partial charge is 0.483 e. The molecule has 0 heterocycles. The molecular formula is C36H63NO2. The van der Waals surface area contributed by atoms with Crippen molar-refractivity contribution in [3.05, 3.63) is 28.8 Å².